The number of rotatable bonds is 8. The maximum Gasteiger partial charge on any atom is 0.246 e. The van der Waals surface area contributed by atoms with Crippen molar-refractivity contribution >= 4 is 10.0 Å². The van der Waals surface area contributed by atoms with Gasteiger partial charge in [-0.05, 0) is 33.1 Å². The Morgan fingerprint density at radius 2 is 1.90 bits per heavy atom. The lowest BCUT2D eigenvalue weighted by Gasteiger charge is -2.20. The van der Waals surface area contributed by atoms with Crippen LogP contribution in [0.4, 0.5) is 0 Å². The highest BCUT2D eigenvalue weighted by Crippen LogP contribution is 2.30. The van der Waals surface area contributed by atoms with Gasteiger partial charge >= 0.3 is 0 Å². The molecule has 1 fully saturated rings. The van der Waals surface area contributed by atoms with Crippen molar-refractivity contribution in [1.82, 2.24) is 9.62 Å². The molecule has 0 atom stereocenters. The van der Waals surface area contributed by atoms with Crippen LogP contribution in [-0.2, 0) is 16.6 Å². The summed E-state index contributed by atoms with van der Waals surface area (Å²) in [6.45, 7) is 9.02. The first-order chi connectivity index (χ1) is 9.91. The Morgan fingerprint density at radius 3 is 2.43 bits per heavy atom. The van der Waals surface area contributed by atoms with Crippen molar-refractivity contribution in [2.75, 3.05) is 13.1 Å². The molecule has 1 aliphatic carbocycles. The smallest absolute Gasteiger partial charge is 0.246 e. The predicted molar refractivity (Wildman–Crippen MR) is 82.8 cm³/mol. The highest BCUT2D eigenvalue weighted by atomic mass is 32.2. The van der Waals surface area contributed by atoms with Gasteiger partial charge in [-0.15, -0.1) is 0 Å². The zero-order valence-corrected chi connectivity index (χ0v) is 14.2. The van der Waals surface area contributed by atoms with Crippen LogP contribution < -0.4 is 5.32 Å². The molecule has 0 aromatic carbocycles. The van der Waals surface area contributed by atoms with Gasteiger partial charge in [-0.3, -0.25) is 0 Å². The molecule has 0 unspecified atom stereocenters. The van der Waals surface area contributed by atoms with E-state index in [1.807, 2.05) is 20.8 Å². The summed E-state index contributed by atoms with van der Waals surface area (Å²) in [6.07, 6.45) is 3.16. The van der Waals surface area contributed by atoms with Crippen LogP contribution >= 0.6 is 0 Å². The van der Waals surface area contributed by atoms with Crippen molar-refractivity contribution in [2.24, 2.45) is 0 Å². The fraction of sp³-hybridized carbons (Fsp3) is 0.733. The highest BCUT2D eigenvalue weighted by Gasteiger charge is 2.32. The largest absolute Gasteiger partial charge is 0.465 e. The molecule has 1 aliphatic rings. The molecular formula is C15H26N2O3S. The molecule has 0 amide bonds. The van der Waals surface area contributed by atoms with Crippen molar-refractivity contribution in [3.8, 4) is 0 Å². The fourth-order valence-electron chi connectivity index (χ4n) is 2.61. The Balaban J connectivity index is 2.35. The summed E-state index contributed by atoms with van der Waals surface area (Å²) in [5, 5.41) is 3.39. The summed E-state index contributed by atoms with van der Waals surface area (Å²) in [7, 11) is -3.48. The molecule has 0 aliphatic heterocycles. The second-order valence-electron chi connectivity index (χ2n) is 5.67. The van der Waals surface area contributed by atoms with Crippen LogP contribution in [0.1, 0.15) is 50.2 Å². The van der Waals surface area contributed by atoms with Gasteiger partial charge in [0, 0.05) is 31.2 Å². The Bertz CT molecular complexity index is 588. The van der Waals surface area contributed by atoms with Crippen molar-refractivity contribution in [3.05, 3.63) is 17.1 Å². The summed E-state index contributed by atoms with van der Waals surface area (Å²) >= 11 is 0. The lowest BCUT2D eigenvalue weighted by atomic mass is 10.2. The molecule has 6 heteroatoms. The van der Waals surface area contributed by atoms with Gasteiger partial charge in [-0.1, -0.05) is 13.8 Å². The second-order valence-corrected chi connectivity index (χ2v) is 7.55. The third kappa shape index (κ3) is 3.49. The van der Waals surface area contributed by atoms with E-state index >= 15 is 0 Å². The summed E-state index contributed by atoms with van der Waals surface area (Å²) in [5.41, 5.74) is 0.786. The van der Waals surface area contributed by atoms with E-state index in [9.17, 15) is 8.42 Å². The summed E-state index contributed by atoms with van der Waals surface area (Å²) in [5.74, 6) is 1.20. The van der Waals surface area contributed by atoms with E-state index in [0.29, 0.717) is 42.1 Å². The second kappa shape index (κ2) is 6.50. The van der Waals surface area contributed by atoms with Gasteiger partial charge in [0.15, 0.2) is 0 Å². The first kappa shape index (κ1) is 16.5. The number of nitrogens with one attached hydrogen (secondary N) is 1. The van der Waals surface area contributed by atoms with E-state index < -0.39 is 10.0 Å². The highest BCUT2D eigenvalue weighted by molar-refractivity contribution is 7.89. The standard InChI is InChI=1S/C15H26N2O3S/c1-5-9-17(6-2)21(18,19)15-12(4)20-11(3)14(15)10-16-13-7-8-13/h13,16H,5-10H2,1-4H3. The van der Waals surface area contributed by atoms with Crippen molar-refractivity contribution in [1.29, 1.82) is 0 Å². The van der Waals surface area contributed by atoms with E-state index in [1.54, 1.807) is 6.92 Å². The van der Waals surface area contributed by atoms with Crippen molar-refractivity contribution in [2.45, 2.75) is 64.4 Å². The first-order valence-corrected chi connectivity index (χ1v) is 9.18. The lowest BCUT2D eigenvalue weighted by molar-refractivity contribution is 0.423. The third-order valence-corrected chi connectivity index (χ3v) is 6.06. The van der Waals surface area contributed by atoms with Gasteiger partial charge in [-0.25, -0.2) is 8.42 Å². The topological polar surface area (TPSA) is 62.6 Å². The maximum absolute atomic E-state index is 12.9. The SMILES string of the molecule is CCCN(CC)S(=O)(=O)c1c(C)oc(C)c1CNC1CC1. The number of furan rings is 1. The maximum atomic E-state index is 12.9. The fourth-order valence-corrected chi connectivity index (χ4v) is 4.57. The van der Waals surface area contributed by atoms with E-state index in [4.69, 9.17) is 4.42 Å². The van der Waals surface area contributed by atoms with E-state index in [2.05, 4.69) is 5.32 Å². The predicted octanol–water partition coefficient (Wildman–Crippen LogP) is 2.57. The monoisotopic (exact) mass is 314 g/mol. The molecular weight excluding hydrogens is 288 g/mol. The summed E-state index contributed by atoms with van der Waals surface area (Å²) in [6, 6.07) is 0.535. The Morgan fingerprint density at radius 1 is 1.24 bits per heavy atom. The van der Waals surface area contributed by atoms with Crippen LogP contribution in [0.2, 0.25) is 0 Å². The molecule has 1 aromatic rings. The van der Waals surface area contributed by atoms with Gasteiger partial charge in [0.1, 0.15) is 16.4 Å². The van der Waals surface area contributed by atoms with Crippen LogP contribution in [0.3, 0.4) is 0 Å². The Labute approximate surface area is 127 Å². The first-order valence-electron chi connectivity index (χ1n) is 7.74. The minimum absolute atomic E-state index is 0.364. The number of nitrogens with zero attached hydrogens (tertiary/aromatic N) is 1. The van der Waals surface area contributed by atoms with Gasteiger partial charge in [0.2, 0.25) is 10.0 Å². The zero-order chi connectivity index (χ0) is 15.6. The van der Waals surface area contributed by atoms with Crippen molar-refractivity contribution in [3.63, 3.8) is 0 Å². The third-order valence-electron chi connectivity index (χ3n) is 3.89. The molecule has 0 spiro atoms. The van der Waals surface area contributed by atoms with Crippen molar-refractivity contribution < 1.29 is 12.8 Å². The molecule has 0 saturated heterocycles. The normalized spacial score (nSPS) is 15.9. The Hall–Kier alpha value is -0.850. The van der Waals surface area contributed by atoms with E-state index in [0.717, 1.165) is 12.0 Å². The number of aryl methyl sites for hydroxylation is 2. The molecule has 1 N–H and O–H groups in total. The minimum atomic E-state index is -3.48. The Kier molecular flexibility index (Phi) is 5.11. The molecule has 2 rings (SSSR count). The molecule has 1 aromatic heterocycles. The quantitative estimate of drug-likeness (QED) is 0.801. The molecule has 0 bridgehead atoms. The molecule has 120 valence electrons. The minimum Gasteiger partial charge on any atom is -0.465 e. The van der Waals surface area contributed by atoms with Crippen LogP contribution in [0.5, 0.6) is 0 Å². The van der Waals surface area contributed by atoms with Crippen LogP contribution in [0.15, 0.2) is 9.31 Å². The molecule has 0 radical (unpaired) electrons. The van der Waals surface area contributed by atoms with Crippen LogP contribution in [0, 0.1) is 13.8 Å². The summed E-state index contributed by atoms with van der Waals surface area (Å²) in [4.78, 5) is 0.364. The average Bonchev–Trinajstić information content (AvgIpc) is 3.19. The van der Waals surface area contributed by atoms with Gasteiger partial charge in [-0.2, -0.15) is 4.31 Å². The van der Waals surface area contributed by atoms with E-state index in [-0.39, 0.29) is 0 Å². The number of hydrogen-bond acceptors (Lipinski definition) is 4. The van der Waals surface area contributed by atoms with Crippen LogP contribution in [0.25, 0.3) is 0 Å². The molecule has 5 nitrogen and oxygen atoms in total. The summed E-state index contributed by atoms with van der Waals surface area (Å²) < 4.78 is 33.0. The molecule has 1 heterocycles. The van der Waals surface area contributed by atoms with Gasteiger partial charge in [0.05, 0.1) is 0 Å². The average molecular weight is 314 g/mol. The molecule has 21 heavy (non-hydrogen) atoms. The number of sulfonamides is 1. The number of hydrogen-bond donors (Lipinski definition) is 1. The van der Waals surface area contributed by atoms with Crippen LogP contribution in [-0.4, -0.2) is 31.9 Å². The lowest BCUT2D eigenvalue weighted by Crippen LogP contribution is -2.32. The zero-order valence-electron chi connectivity index (χ0n) is 13.4. The van der Waals surface area contributed by atoms with Gasteiger partial charge < -0.3 is 9.73 Å². The van der Waals surface area contributed by atoms with E-state index in [1.165, 1.54) is 17.1 Å². The molecule has 1 saturated carbocycles. The van der Waals surface area contributed by atoms with Gasteiger partial charge in [0.25, 0.3) is 0 Å².